The second-order valence-corrected chi connectivity index (χ2v) is 5.84. The second-order valence-electron chi connectivity index (χ2n) is 3.98. The molecule has 0 radical (unpaired) electrons. The molecular weight excluding hydrogens is 330 g/mol. The zero-order valence-corrected chi connectivity index (χ0v) is 12.8. The highest BCUT2D eigenvalue weighted by Gasteiger charge is 2.17. The monoisotopic (exact) mass is 341 g/mol. The van der Waals surface area contributed by atoms with Gasteiger partial charge in [-0.05, 0) is 46.8 Å². The Hall–Kier alpha value is -1.47. The number of hydrogen-bond acceptors (Lipinski definition) is 5. The number of thiophene rings is 1. The first-order valence-electron chi connectivity index (χ1n) is 5.53. The van der Waals surface area contributed by atoms with E-state index in [-0.39, 0.29) is 5.56 Å². The highest BCUT2D eigenvalue weighted by atomic mass is 79.9. The lowest BCUT2D eigenvalue weighted by Gasteiger charge is -2.10. The lowest BCUT2D eigenvalue weighted by atomic mass is 10.1. The number of nitrogens with one attached hydrogen (secondary N) is 1. The van der Waals surface area contributed by atoms with Crippen molar-refractivity contribution in [3.63, 3.8) is 0 Å². The van der Waals surface area contributed by atoms with E-state index in [1.807, 2.05) is 11.4 Å². The fraction of sp³-hybridized carbons (Fsp3) is 0.250. The number of carboxylic acids is 1. The normalized spacial score (nSPS) is 10.5. The van der Waals surface area contributed by atoms with Crippen LogP contribution in [0.15, 0.2) is 15.9 Å². The van der Waals surface area contributed by atoms with Gasteiger partial charge >= 0.3 is 5.97 Å². The zero-order chi connectivity index (χ0) is 14.0. The summed E-state index contributed by atoms with van der Waals surface area (Å²) in [6.45, 7) is 3.99. The minimum absolute atomic E-state index is 0.181. The van der Waals surface area contributed by atoms with Crippen LogP contribution in [0.2, 0.25) is 0 Å². The summed E-state index contributed by atoms with van der Waals surface area (Å²) in [5.41, 5.74) is 1.44. The van der Waals surface area contributed by atoms with Crippen molar-refractivity contribution in [1.29, 1.82) is 0 Å². The third-order valence-corrected chi connectivity index (χ3v) is 4.70. The van der Waals surface area contributed by atoms with Crippen molar-refractivity contribution in [1.82, 2.24) is 10.2 Å². The van der Waals surface area contributed by atoms with Crippen molar-refractivity contribution in [3.8, 4) is 0 Å². The van der Waals surface area contributed by atoms with E-state index in [1.54, 1.807) is 25.2 Å². The van der Waals surface area contributed by atoms with Crippen LogP contribution in [0.25, 0.3) is 0 Å². The van der Waals surface area contributed by atoms with E-state index in [0.717, 1.165) is 9.35 Å². The molecule has 0 aliphatic carbocycles. The zero-order valence-electron chi connectivity index (χ0n) is 10.4. The molecule has 2 aromatic rings. The predicted molar refractivity (Wildman–Crippen MR) is 77.8 cm³/mol. The maximum atomic E-state index is 11.3. The van der Waals surface area contributed by atoms with Gasteiger partial charge in [-0.1, -0.05) is 0 Å². The molecule has 0 spiro atoms. The molecular formula is C12H12BrN3O2S. The molecule has 2 N–H and O–H groups in total. The molecule has 0 bridgehead atoms. The lowest BCUT2D eigenvalue weighted by Crippen LogP contribution is -2.12. The van der Waals surface area contributed by atoms with E-state index in [4.69, 9.17) is 0 Å². The van der Waals surface area contributed by atoms with Gasteiger partial charge in [-0.15, -0.1) is 16.4 Å². The van der Waals surface area contributed by atoms with Gasteiger partial charge in [0, 0.05) is 9.35 Å². The standard InChI is InChI=1S/C12H12BrN3O2S/c1-6-7(2)15-16-11(10(6)12(17)18)14-5-9-8(13)3-4-19-9/h3-4H,5H2,1-2H3,(H,14,16)(H,17,18). The Kier molecular flexibility index (Phi) is 4.16. The van der Waals surface area contributed by atoms with Crippen LogP contribution in [0.5, 0.6) is 0 Å². The van der Waals surface area contributed by atoms with Gasteiger partial charge in [0.15, 0.2) is 5.82 Å². The van der Waals surface area contributed by atoms with Gasteiger partial charge in [0.05, 0.1) is 12.2 Å². The number of anilines is 1. The molecule has 0 saturated heterocycles. The van der Waals surface area contributed by atoms with Crippen molar-refractivity contribution in [2.24, 2.45) is 0 Å². The number of aryl methyl sites for hydroxylation is 1. The molecule has 0 unspecified atom stereocenters. The molecule has 100 valence electrons. The molecule has 19 heavy (non-hydrogen) atoms. The average molecular weight is 342 g/mol. The van der Waals surface area contributed by atoms with Crippen LogP contribution < -0.4 is 5.32 Å². The maximum absolute atomic E-state index is 11.3. The molecule has 0 fully saturated rings. The maximum Gasteiger partial charge on any atom is 0.339 e. The first-order valence-corrected chi connectivity index (χ1v) is 7.21. The quantitative estimate of drug-likeness (QED) is 0.892. The van der Waals surface area contributed by atoms with Crippen LogP contribution in [-0.4, -0.2) is 21.3 Å². The van der Waals surface area contributed by atoms with Gasteiger partial charge in [0.25, 0.3) is 0 Å². The van der Waals surface area contributed by atoms with Crippen molar-refractivity contribution in [2.45, 2.75) is 20.4 Å². The van der Waals surface area contributed by atoms with Crippen molar-refractivity contribution in [2.75, 3.05) is 5.32 Å². The first kappa shape index (κ1) is 14.0. The lowest BCUT2D eigenvalue weighted by molar-refractivity contribution is 0.0696. The third kappa shape index (κ3) is 2.93. The van der Waals surface area contributed by atoms with Gasteiger partial charge in [-0.3, -0.25) is 0 Å². The minimum Gasteiger partial charge on any atom is -0.478 e. The van der Waals surface area contributed by atoms with Gasteiger partial charge in [0.2, 0.25) is 0 Å². The number of halogens is 1. The van der Waals surface area contributed by atoms with Gasteiger partial charge in [-0.25, -0.2) is 4.79 Å². The van der Waals surface area contributed by atoms with E-state index in [0.29, 0.717) is 23.6 Å². The van der Waals surface area contributed by atoms with Crippen LogP contribution in [0, 0.1) is 13.8 Å². The van der Waals surface area contributed by atoms with Gasteiger partial charge in [0.1, 0.15) is 5.56 Å². The van der Waals surface area contributed by atoms with Gasteiger partial charge < -0.3 is 10.4 Å². The Labute approximate surface area is 122 Å². The molecule has 0 atom stereocenters. The Bertz CT molecular complexity index is 627. The number of aromatic nitrogens is 2. The SMILES string of the molecule is Cc1nnc(NCc2sccc2Br)c(C(=O)O)c1C. The summed E-state index contributed by atoms with van der Waals surface area (Å²) in [6.07, 6.45) is 0. The molecule has 0 aliphatic rings. The Morgan fingerprint density at radius 3 is 2.79 bits per heavy atom. The van der Waals surface area contributed by atoms with Crippen molar-refractivity contribution < 1.29 is 9.90 Å². The topological polar surface area (TPSA) is 75.1 Å². The summed E-state index contributed by atoms with van der Waals surface area (Å²) >= 11 is 5.02. The van der Waals surface area contributed by atoms with E-state index in [2.05, 4.69) is 31.4 Å². The highest BCUT2D eigenvalue weighted by Crippen LogP contribution is 2.25. The van der Waals surface area contributed by atoms with Crippen LogP contribution in [-0.2, 0) is 6.54 Å². The third-order valence-electron chi connectivity index (χ3n) is 2.78. The summed E-state index contributed by atoms with van der Waals surface area (Å²) in [5, 5.41) is 22.2. The second kappa shape index (κ2) is 5.66. The summed E-state index contributed by atoms with van der Waals surface area (Å²) in [5.74, 6) is -0.695. The smallest absolute Gasteiger partial charge is 0.339 e. The van der Waals surface area contributed by atoms with E-state index in [1.165, 1.54) is 0 Å². The molecule has 7 heteroatoms. The summed E-state index contributed by atoms with van der Waals surface area (Å²) in [6, 6.07) is 1.95. The number of nitrogens with zero attached hydrogens (tertiary/aromatic N) is 2. The largest absolute Gasteiger partial charge is 0.478 e. The fourth-order valence-corrected chi connectivity index (χ4v) is 3.04. The molecule has 0 aromatic carbocycles. The van der Waals surface area contributed by atoms with Crippen LogP contribution in [0.4, 0.5) is 5.82 Å². The summed E-state index contributed by atoms with van der Waals surface area (Å²) in [4.78, 5) is 12.4. The number of carboxylic acid groups (broad SMARTS) is 1. The van der Waals surface area contributed by atoms with Crippen LogP contribution in [0.3, 0.4) is 0 Å². The average Bonchev–Trinajstić information content (AvgIpc) is 2.76. The van der Waals surface area contributed by atoms with Crippen LogP contribution >= 0.6 is 27.3 Å². The van der Waals surface area contributed by atoms with E-state index >= 15 is 0 Å². The predicted octanol–water partition coefficient (Wildman–Crippen LogP) is 3.23. The fourth-order valence-electron chi connectivity index (χ4n) is 1.61. The number of aromatic carboxylic acids is 1. The molecule has 0 saturated carbocycles. The Morgan fingerprint density at radius 1 is 1.47 bits per heavy atom. The first-order chi connectivity index (χ1) is 9.00. The number of rotatable bonds is 4. The molecule has 0 amide bonds. The molecule has 2 rings (SSSR count). The number of hydrogen-bond donors (Lipinski definition) is 2. The highest BCUT2D eigenvalue weighted by molar-refractivity contribution is 9.10. The Balaban J connectivity index is 2.28. The van der Waals surface area contributed by atoms with Gasteiger partial charge in [-0.2, -0.15) is 5.10 Å². The molecule has 2 heterocycles. The minimum atomic E-state index is -0.997. The van der Waals surface area contributed by atoms with Crippen molar-refractivity contribution in [3.05, 3.63) is 37.6 Å². The Morgan fingerprint density at radius 2 is 2.21 bits per heavy atom. The molecule has 5 nitrogen and oxygen atoms in total. The van der Waals surface area contributed by atoms with E-state index < -0.39 is 5.97 Å². The molecule has 0 aliphatic heterocycles. The van der Waals surface area contributed by atoms with Crippen molar-refractivity contribution >= 4 is 39.1 Å². The van der Waals surface area contributed by atoms with E-state index in [9.17, 15) is 9.90 Å². The summed E-state index contributed by atoms with van der Waals surface area (Å²) in [7, 11) is 0. The van der Waals surface area contributed by atoms with Crippen LogP contribution in [0.1, 0.15) is 26.5 Å². The molecule has 2 aromatic heterocycles. The number of carbonyl (C=O) groups is 1. The summed E-state index contributed by atoms with van der Waals surface area (Å²) < 4.78 is 0.999.